The Morgan fingerprint density at radius 3 is 1.59 bits per heavy atom. The van der Waals surface area contributed by atoms with Crippen LogP contribution in [0.5, 0.6) is 0 Å². The summed E-state index contributed by atoms with van der Waals surface area (Å²) >= 11 is 0. The fourth-order valence-corrected chi connectivity index (χ4v) is 3.69. The molecule has 0 aliphatic rings. The van der Waals surface area contributed by atoms with E-state index in [0.29, 0.717) is 13.0 Å². The highest BCUT2D eigenvalue weighted by molar-refractivity contribution is 5.94. The van der Waals surface area contributed by atoms with Crippen LogP contribution < -0.4 is 10.6 Å². The van der Waals surface area contributed by atoms with Crippen molar-refractivity contribution in [1.29, 1.82) is 0 Å². The summed E-state index contributed by atoms with van der Waals surface area (Å²) in [6.07, 6.45) is -0.863. The number of alkyl carbamates (subject to hydrolysis) is 2. The van der Waals surface area contributed by atoms with Crippen LogP contribution in [0.4, 0.5) is 9.59 Å². The largest absolute Gasteiger partial charge is 0.444 e. The van der Waals surface area contributed by atoms with Crippen molar-refractivity contribution < 1.29 is 28.6 Å². The lowest BCUT2D eigenvalue weighted by Gasteiger charge is -2.42. The van der Waals surface area contributed by atoms with Crippen LogP contribution in [0.1, 0.15) is 96.4 Å². The minimum atomic E-state index is -1.12. The van der Waals surface area contributed by atoms with Gasteiger partial charge in [-0.1, -0.05) is 13.8 Å². The molecule has 0 bridgehead atoms. The predicted molar refractivity (Wildman–Crippen MR) is 126 cm³/mol. The first-order valence-corrected chi connectivity index (χ1v) is 11.2. The summed E-state index contributed by atoms with van der Waals surface area (Å²) in [6.45, 7) is 23.6. The minimum Gasteiger partial charge on any atom is -0.444 e. The Morgan fingerprint density at radius 2 is 1.19 bits per heavy atom. The van der Waals surface area contributed by atoms with Crippen LogP contribution in [0.25, 0.3) is 0 Å². The van der Waals surface area contributed by atoms with Crippen LogP contribution in [0.15, 0.2) is 0 Å². The molecule has 0 aromatic carbocycles. The molecule has 2 amide bonds. The number of carbonyl (C=O) groups excluding carboxylic acids is 3. The van der Waals surface area contributed by atoms with Crippen molar-refractivity contribution in [2.24, 2.45) is 5.41 Å². The van der Waals surface area contributed by atoms with Gasteiger partial charge in [-0.2, -0.15) is 0 Å². The summed E-state index contributed by atoms with van der Waals surface area (Å²) < 4.78 is 16.4. The van der Waals surface area contributed by atoms with Gasteiger partial charge in [-0.25, -0.2) is 9.59 Å². The molecule has 0 aliphatic heterocycles. The fraction of sp³-hybridized carbons (Fsp3) is 0.875. The molecule has 2 N–H and O–H groups in total. The molecule has 1 atom stereocenters. The van der Waals surface area contributed by atoms with Crippen molar-refractivity contribution in [2.45, 2.75) is 125 Å². The highest BCUT2D eigenvalue weighted by atomic mass is 16.6. The molecule has 32 heavy (non-hydrogen) atoms. The fourth-order valence-electron chi connectivity index (χ4n) is 3.69. The van der Waals surface area contributed by atoms with Crippen molar-refractivity contribution in [3.8, 4) is 0 Å². The van der Waals surface area contributed by atoms with Gasteiger partial charge in [0.1, 0.15) is 16.8 Å². The van der Waals surface area contributed by atoms with E-state index >= 15 is 0 Å². The van der Waals surface area contributed by atoms with Crippen LogP contribution in [-0.4, -0.2) is 53.0 Å². The Morgan fingerprint density at radius 1 is 0.750 bits per heavy atom. The number of ether oxygens (including phenoxy) is 3. The van der Waals surface area contributed by atoms with Crippen molar-refractivity contribution in [2.75, 3.05) is 6.61 Å². The van der Waals surface area contributed by atoms with Gasteiger partial charge in [-0.15, -0.1) is 0 Å². The van der Waals surface area contributed by atoms with E-state index in [9.17, 15) is 14.4 Å². The second-order valence-corrected chi connectivity index (χ2v) is 12.1. The van der Waals surface area contributed by atoms with Gasteiger partial charge in [0.2, 0.25) is 0 Å². The second kappa shape index (κ2) is 10.4. The van der Waals surface area contributed by atoms with Gasteiger partial charge in [0.05, 0.1) is 6.04 Å². The molecular formula is C24H46N2O6. The van der Waals surface area contributed by atoms with Gasteiger partial charge in [0.15, 0.2) is 5.78 Å². The molecule has 8 heteroatoms. The first-order valence-electron chi connectivity index (χ1n) is 11.2. The first kappa shape index (κ1) is 30.2. The summed E-state index contributed by atoms with van der Waals surface area (Å²) in [5.74, 6) is -0.275. The van der Waals surface area contributed by atoms with Crippen molar-refractivity contribution >= 4 is 18.0 Å². The van der Waals surface area contributed by atoms with Crippen molar-refractivity contribution in [1.82, 2.24) is 10.6 Å². The van der Waals surface area contributed by atoms with E-state index in [4.69, 9.17) is 14.2 Å². The van der Waals surface area contributed by atoms with Crippen molar-refractivity contribution in [3.05, 3.63) is 0 Å². The lowest BCUT2D eigenvalue weighted by Crippen LogP contribution is -2.60. The summed E-state index contributed by atoms with van der Waals surface area (Å²) in [5, 5.41) is 5.63. The van der Waals surface area contributed by atoms with E-state index in [-0.39, 0.29) is 5.78 Å². The molecule has 0 aromatic heterocycles. The molecule has 0 heterocycles. The molecule has 0 fully saturated rings. The molecule has 0 aromatic rings. The normalized spacial score (nSPS) is 14.4. The number of amides is 2. The molecule has 0 saturated heterocycles. The summed E-state index contributed by atoms with van der Waals surface area (Å²) in [5.41, 5.74) is -3.95. The van der Waals surface area contributed by atoms with E-state index < -0.39 is 46.0 Å². The second-order valence-electron chi connectivity index (χ2n) is 12.1. The third-order valence-corrected chi connectivity index (χ3v) is 4.54. The smallest absolute Gasteiger partial charge is 0.408 e. The van der Waals surface area contributed by atoms with Crippen molar-refractivity contribution in [3.63, 3.8) is 0 Å². The first-order chi connectivity index (χ1) is 14.0. The SMILES string of the molecule is CCOC(C)(C)C(=O)C(NC(=O)OC(C)(C)C)C(C)(C)CC(C)(C)NC(=O)OC(C)(C)C. The Balaban J connectivity index is 5.84. The number of rotatable bonds is 9. The predicted octanol–water partition coefficient (Wildman–Crippen LogP) is 4.98. The Hall–Kier alpha value is -1.83. The van der Waals surface area contributed by atoms with Crippen LogP contribution in [0.3, 0.4) is 0 Å². The van der Waals surface area contributed by atoms with Crippen LogP contribution in [0, 0.1) is 5.41 Å². The zero-order chi connectivity index (χ0) is 25.8. The van der Waals surface area contributed by atoms with E-state index in [1.165, 1.54) is 0 Å². The van der Waals surface area contributed by atoms with Gasteiger partial charge < -0.3 is 24.8 Å². The standard InChI is InChI=1S/C24H46N2O6/c1-14-30-24(12,13)17(27)16(25-18(28)31-20(2,3)4)22(8,9)15-23(10,11)26-19(29)32-21(5,6)7/h16H,14-15H2,1-13H3,(H,25,28)(H,26,29). The topological polar surface area (TPSA) is 103 Å². The molecule has 0 saturated carbocycles. The maximum Gasteiger partial charge on any atom is 0.408 e. The summed E-state index contributed by atoms with van der Waals surface area (Å²) in [4.78, 5) is 38.4. The van der Waals surface area contributed by atoms with E-state index in [0.717, 1.165) is 0 Å². The molecule has 188 valence electrons. The lowest BCUT2D eigenvalue weighted by atomic mass is 9.71. The molecule has 8 nitrogen and oxygen atoms in total. The van der Waals surface area contributed by atoms with Gasteiger partial charge >= 0.3 is 12.2 Å². The van der Waals surface area contributed by atoms with E-state index in [1.54, 1.807) is 55.4 Å². The average molecular weight is 459 g/mol. The zero-order valence-corrected chi connectivity index (χ0v) is 22.4. The number of Topliss-reactive ketones (excluding diaryl/α,β-unsaturated/α-hetero) is 1. The van der Waals surface area contributed by atoms with Gasteiger partial charge in [-0.3, -0.25) is 4.79 Å². The molecule has 0 aliphatic carbocycles. The summed E-state index contributed by atoms with van der Waals surface area (Å²) in [6, 6.07) is -0.918. The van der Waals surface area contributed by atoms with E-state index in [2.05, 4.69) is 10.6 Å². The maximum absolute atomic E-state index is 13.5. The molecule has 0 radical (unpaired) electrons. The van der Waals surface area contributed by atoms with Crippen LogP contribution in [0.2, 0.25) is 0 Å². The Labute approximate surface area is 194 Å². The van der Waals surface area contributed by atoms with Crippen LogP contribution >= 0.6 is 0 Å². The molecule has 1 unspecified atom stereocenters. The number of carbonyl (C=O) groups is 3. The molecule has 0 spiro atoms. The zero-order valence-electron chi connectivity index (χ0n) is 22.4. The van der Waals surface area contributed by atoms with Gasteiger partial charge in [0.25, 0.3) is 0 Å². The number of nitrogens with one attached hydrogen (secondary N) is 2. The molecular weight excluding hydrogens is 412 g/mol. The average Bonchev–Trinajstić information content (AvgIpc) is 2.45. The maximum atomic E-state index is 13.5. The third kappa shape index (κ3) is 11.2. The Kier molecular flexibility index (Phi) is 9.81. The minimum absolute atomic E-state index is 0.275. The van der Waals surface area contributed by atoms with Gasteiger partial charge in [-0.05, 0) is 88.0 Å². The molecule has 0 rings (SSSR count). The number of hydrogen-bond acceptors (Lipinski definition) is 6. The number of hydrogen-bond donors (Lipinski definition) is 2. The van der Waals surface area contributed by atoms with Crippen LogP contribution in [-0.2, 0) is 19.0 Å². The number of ketones is 1. The monoisotopic (exact) mass is 458 g/mol. The summed E-state index contributed by atoms with van der Waals surface area (Å²) in [7, 11) is 0. The highest BCUT2D eigenvalue weighted by Gasteiger charge is 2.46. The third-order valence-electron chi connectivity index (χ3n) is 4.54. The van der Waals surface area contributed by atoms with E-state index in [1.807, 2.05) is 34.6 Å². The highest BCUT2D eigenvalue weighted by Crippen LogP contribution is 2.35. The Bertz CT molecular complexity index is 669. The quantitative estimate of drug-likeness (QED) is 0.505. The van der Waals surface area contributed by atoms with Gasteiger partial charge in [0, 0.05) is 12.1 Å². The lowest BCUT2D eigenvalue weighted by molar-refractivity contribution is -0.145.